The third-order valence-electron chi connectivity index (χ3n) is 6.95. The van der Waals surface area contributed by atoms with Gasteiger partial charge in [0.15, 0.2) is 0 Å². The highest BCUT2D eigenvalue weighted by atomic mass is 16.3. The van der Waals surface area contributed by atoms with Crippen molar-refractivity contribution in [3.63, 3.8) is 0 Å². The Morgan fingerprint density at radius 3 is 2.52 bits per heavy atom. The van der Waals surface area contributed by atoms with Crippen LogP contribution in [0.15, 0.2) is 34.9 Å². The lowest BCUT2D eigenvalue weighted by Crippen LogP contribution is -2.65. The summed E-state index contributed by atoms with van der Waals surface area (Å²) in [6, 6.07) is 7.70. The summed E-state index contributed by atoms with van der Waals surface area (Å²) < 4.78 is 7.56. The summed E-state index contributed by atoms with van der Waals surface area (Å²) >= 11 is 0. The van der Waals surface area contributed by atoms with Crippen LogP contribution in [0.3, 0.4) is 0 Å². The van der Waals surface area contributed by atoms with Crippen molar-refractivity contribution < 1.29 is 14.0 Å². The molecule has 3 heterocycles. The van der Waals surface area contributed by atoms with Crippen molar-refractivity contribution in [1.82, 2.24) is 14.8 Å². The number of carbonyl (C=O) groups excluding carboxylic acids is 2. The van der Waals surface area contributed by atoms with Gasteiger partial charge in [0.25, 0.3) is 5.91 Å². The smallest absolute Gasteiger partial charge is 0.271 e. The molecule has 0 saturated heterocycles. The summed E-state index contributed by atoms with van der Waals surface area (Å²) in [5.41, 5.74) is 0.536. The molecule has 1 atom stereocenters. The van der Waals surface area contributed by atoms with Gasteiger partial charge in [-0.1, -0.05) is 45.4 Å². The molecule has 4 rings (SSSR count). The van der Waals surface area contributed by atoms with Crippen molar-refractivity contribution in [2.75, 3.05) is 6.54 Å². The molecule has 1 fully saturated rings. The van der Waals surface area contributed by atoms with E-state index in [4.69, 9.17) is 4.42 Å². The number of fused-ring (bicyclic) bond motifs is 1. The Hall–Kier alpha value is -2.50. The summed E-state index contributed by atoms with van der Waals surface area (Å²) in [4.78, 5) is 29.0. The number of hydrogen-bond acceptors (Lipinski definition) is 3. The molecular formula is C25H35N3O3. The Morgan fingerprint density at radius 1 is 1.13 bits per heavy atom. The van der Waals surface area contributed by atoms with Gasteiger partial charge in [0, 0.05) is 12.6 Å². The lowest BCUT2D eigenvalue weighted by atomic mass is 9.91. The number of unbranched alkanes of at least 4 members (excludes halogenated alkanes) is 1. The van der Waals surface area contributed by atoms with Gasteiger partial charge in [-0.05, 0) is 50.5 Å². The molecule has 0 unspecified atom stereocenters. The molecule has 0 aromatic carbocycles. The summed E-state index contributed by atoms with van der Waals surface area (Å²) in [6.07, 6.45) is 11.6. The average Bonchev–Trinajstić information content (AvgIpc) is 3.39. The van der Waals surface area contributed by atoms with Crippen LogP contribution in [0, 0.1) is 0 Å². The second-order valence-electron chi connectivity index (χ2n) is 9.27. The minimum Gasteiger partial charge on any atom is -0.463 e. The van der Waals surface area contributed by atoms with E-state index in [0.717, 1.165) is 44.2 Å². The van der Waals surface area contributed by atoms with Crippen LogP contribution in [0.25, 0.3) is 11.5 Å². The topological polar surface area (TPSA) is 67.5 Å². The van der Waals surface area contributed by atoms with E-state index in [0.29, 0.717) is 24.5 Å². The number of aromatic nitrogens is 1. The highest BCUT2D eigenvalue weighted by molar-refractivity contribution is 6.00. The molecule has 2 aromatic heterocycles. The van der Waals surface area contributed by atoms with Crippen molar-refractivity contribution in [1.29, 1.82) is 0 Å². The van der Waals surface area contributed by atoms with Crippen molar-refractivity contribution in [3.8, 4) is 11.5 Å². The van der Waals surface area contributed by atoms with E-state index in [2.05, 4.69) is 12.2 Å². The summed E-state index contributed by atoms with van der Waals surface area (Å²) in [5.74, 6) is 0.601. The predicted octanol–water partition coefficient (Wildman–Crippen LogP) is 4.99. The van der Waals surface area contributed by atoms with E-state index >= 15 is 0 Å². The van der Waals surface area contributed by atoms with E-state index in [-0.39, 0.29) is 17.9 Å². The molecular weight excluding hydrogens is 390 g/mol. The molecule has 168 valence electrons. The number of carbonyl (C=O) groups is 2. The van der Waals surface area contributed by atoms with Gasteiger partial charge >= 0.3 is 0 Å². The van der Waals surface area contributed by atoms with E-state index in [1.807, 2.05) is 35.8 Å². The molecule has 2 amide bonds. The minimum atomic E-state index is -0.929. The normalized spacial score (nSPS) is 22.6. The van der Waals surface area contributed by atoms with E-state index in [9.17, 15) is 9.59 Å². The van der Waals surface area contributed by atoms with Crippen LogP contribution in [0.5, 0.6) is 0 Å². The summed E-state index contributed by atoms with van der Waals surface area (Å²) in [5, 5.41) is 3.33. The van der Waals surface area contributed by atoms with Crippen LogP contribution in [-0.4, -0.2) is 39.4 Å². The van der Waals surface area contributed by atoms with Crippen LogP contribution in [0.1, 0.15) is 82.1 Å². The van der Waals surface area contributed by atoms with Crippen LogP contribution in [0.4, 0.5) is 0 Å². The first-order valence-corrected chi connectivity index (χ1v) is 11.9. The van der Waals surface area contributed by atoms with Crippen molar-refractivity contribution in [2.45, 2.75) is 89.8 Å². The molecule has 0 radical (unpaired) electrons. The zero-order chi connectivity index (χ0) is 21.8. The Bertz CT molecular complexity index is 893. The number of nitrogens with zero attached hydrogens (tertiary/aromatic N) is 2. The quantitative estimate of drug-likeness (QED) is 0.709. The SMILES string of the molecule is CCCCN1C(=O)c2ccc(-c3ccco3)n2C[C@]1(C)C(=O)NC1CCCCCCC1. The first kappa shape index (κ1) is 21.7. The zero-order valence-electron chi connectivity index (χ0n) is 18.9. The molecule has 6 nitrogen and oxygen atoms in total. The number of nitrogens with one attached hydrogen (secondary N) is 1. The molecule has 31 heavy (non-hydrogen) atoms. The number of rotatable bonds is 6. The number of hydrogen-bond donors (Lipinski definition) is 1. The molecule has 2 aliphatic rings. The molecule has 1 aliphatic carbocycles. The fourth-order valence-electron chi connectivity index (χ4n) is 5.02. The average molecular weight is 426 g/mol. The fourth-order valence-corrected chi connectivity index (χ4v) is 5.02. The Balaban J connectivity index is 1.64. The molecule has 1 aliphatic heterocycles. The maximum atomic E-state index is 13.7. The standard InChI is InChI=1S/C25H35N3O3/c1-3-4-16-28-23(29)21-15-14-20(22-13-10-17-31-22)27(21)18-25(28,2)24(30)26-19-11-8-6-5-7-9-12-19/h10,13-15,17,19H,3-9,11-12,16,18H2,1-2H3,(H,26,30)/t25-/m1/s1. The second-order valence-corrected chi connectivity index (χ2v) is 9.27. The first-order chi connectivity index (χ1) is 15.0. The van der Waals surface area contributed by atoms with E-state index < -0.39 is 5.54 Å². The fraction of sp³-hybridized carbons (Fsp3) is 0.600. The molecule has 1 saturated carbocycles. The van der Waals surface area contributed by atoms with Crippen molar-refractivity contribution in [3.05, 3.63) is 36.2 Å². The molecule has 0 spiro atoms. The van der Waals surface area contributed by atoms with Gasteiger partial charge in [0.2, 0.25) is 5.91 Å². The van der Waals surface area contributed by atoms with E-state index in [1.54, 1.807) is 11.2 Å². The van der Waals surface area contributed by atoms with Crippen LogP contribution >= 0.6 is 0 Å². The van der Waals surface area contributed by atoms with Gasteiger partial charge in [-0.2, -0.15) is 0 Å². The van der Waals surface area contributed by atoms with Crippen LogP contribution in [-0.2, 0) is 11.3 Å². The third kappa shape index (κ3) is 4.30. The lowest BCUT2D eigenvalue weighted by molar-refractivity contribution is -0.133. The Morgan fingerprint density at radius 2 is 1.84 bits per heavy atom. The monoisotopic (exact) mass is 425 g/mol. The van der Waals surface area contributed by atoms with E-state index in [1.165, 1.54) is 19.3 Å². The maximum Gasteiger partial charge on any atom is 0.271 e. The first-order valence-electron chi connectivity index (χ1n) is 11.9. The summed E-state index contributed by atoms with van der Waals surface area (Å²) in [7, 11) is 0. The zero-order valence-corrected chi connectivity index (χ0v) is 18.9. The molecule has 2 aromatic rings. The van der Waals surface area contributed by atoms with Crippen molar-refractivity contribution >= 4 is 11.8 Å². The van der Waals surface area contributed by atoms with Gasteiger partial charge in [-0.3, -0.25) is 9.59 Å². The minimum absolute atomic E-state index is 0.0349. The largest absolute Gasteiger partial charge is 0.463 e. The highest BCUT2D eigenvalue weighted by Gasteiger charge is 2.48. The number of amides is 2. The predicted molar refractivity (Wildman–Crippen MR) is 121 cm³/mol. The summed E-state index contributed by atoms with van der Waals surface area (Å²) in [6.45, 7) is 5.05. The Labute approximate surface area is 185 Å². The maximum absolute atomic E-state index is 13.7. The van der Waals surface area contributed by atoms with Gasteiger partial charge in [-0.15, -0.1) is 0 Å². The number of furan rings is 1. The molecule has 6 heteroatoms. The lowest BCUT2D eigenvalue weighted by Gasteiger charge is -2.45. The van der Waals surface area contributed by atoms with Gasteiger partial charge in [-0.25, -0.2) is 0 Å². The van der Waals surface area contributed by atoms with Crippen molar-refractivity contribution in [2.24, 2.45) is 0 Å². The third-order valence-corrected chi connectivity index (χ3v) is 6.95. The molecule has 1 N–H and O–H groups in total. The van der Waals surface area contributed by atoms with Gasteiger partial charge < -0.3 is 19.2 Å². The van der Waals surface area contributed by atoms with Gasteiger partial charge in [0.1, 0.15) is 17.0 Å². The van der Waals surface area contributed by atoms with Crippen LogP contribution in [0.2, 0.25) is 0 Å². The highest BCUT2D eigenvalue weighted by Crippen LogP contribution is 2.34. The molecule has 0 bridgehead atoms. The Kier molecular flexibility index (Phi) is 6.54. The van der Waals surface area contributed by atoms with Gasteiger partial charge in [0.05, 0.1) is 18.5 Å². The van der Waals surface area contributed by atoms with Crippen LogP contribution < -0.4 is 5.32 Å². The second kappa shape index (κ2) is 9.33.